The molecule has 2 unspecified atom stereocenters. The number of halogens is 1. The van der Waals surface area contributed by atoms with Crippen molar-refractivity contribution in [3.63, 3.8) is 0 Å². The van der Waals surface area contributed by atoms with Gasteiger partial charge < -0.3 is 10.8 Å². The summed E-state index contributed by atoms with van der Waals surface area (Å²) >= 11 is 0. The van der Waals surface area contributed by atoms with E-state index in [1.54, 1.807) is 6.08 Å². The predicted molar refractivity (Wildman–Crippen MR) is 58.0 cm³/mol. The van der Waals surface area contributed by atoms with E-state index in [4.69, 9.17) is 5.73 Å². The summed E-state index contributed by atoms with van der Waals surface area (Å²) in [5.41, 5.74) is 5.36. The van der Waals surface area contributed by atoms with Crippen molar-refractivity contribution in [1.29, 1.82) is 0 Å². The second-order valence-corrected chi connectivity index (χ2v) is 3.86. The average Bonchev–Trinajstić information content (AvgIpc) is 1.97. The summed E-state index contributed by atoms with van der Waals surface area (Å²) in [5, 5.41) is 9.65. The number of aliphatic hydroxyl groups excluding tert-OH is 1. The van der Waals surface area contributed by atoms with Gasteiger partial charge in [0, 0.05) is 0 Å². The number of aliphatic hydroxyl groups is 1. The molecule has 0 aromatic carbocycles. The monoisotopic (exact) mass is 203 g/mol. The Hall–Kier alpha value is -0.470. The smallest absolute Gasteiger partial charge is 0.113 e. The van der Waals surface area contributed by atoms with Crippen molar-refractivity contribution in [3.05, 3.63) is 24.0 Å². The molecule has 2 nitrogen and oxygen atoms in total. The van der Waals surface area contributed by atoms with E-state index in [1.165, 1.54) is 0 Å². The number of rotatable bonds is 1. The second-order valence-electron chi connectivity index (χ2n) is 3.86. The summed E-state index contributed by atoms with van der Waals surface area (Å²) in [6.45, 7) is 6.03. The zero-order valence-electron chi connectivity index (χ0n) is 8.32. The van der Waals surface area contributed by atoms with Gasteiger partial charge in [-0.15, -0.1) is 12.4 Å². The van der Waals surface area contributed by atoms with Crippen LogP contribution in [0.1, 0.15) is 20.8 Å². The lowest BCUT2D eigenvalue weighted by Gasteiger charge is -2.32. The van der Waals surface area contributed by atoms with Crippen LogP contribution in [0, 0.1) is 11.8 Å². The minimum absolute atomic E-state index is 0. The Balaban J connectivity index is 0.00000144. The molecule has 0 amide bonds. The normalized spacial score (nSPS) is 32.7. The zero-order chi connectivity index (χ0) is 9.35. The molecule has 0 bridgehead atoms. The highest BCUT2D eigenvalue weighted by Gasteiger charge is 2.32. The standard InChI is InChI=1S/C10H17NO.ClH/c1-7(2)10(11)5-4-8(3)6-9(10)12;/h4-8,12H,11H2,1-3H3;1H. The van der Waals surface area contributed by atoms with Gasteiger partial charge in [0.05, 0.1) is 5.54 Å². The molecule has 0 saturated heterocycles. The lowest BCUT2D eigenvalue weighted by molar-refractivity contribution is 0.273. The molecule has 3 heteroatoms. The SMILES string of the molecule is CC1C=CC(N)(C(C)C)C(O)=C1.Cl. The molecule has 0 aliphatic heterocycles. The van der Waals surface area contributed by atoms with Crippen LogP contribution in [0.5, 0.6) is 0 Å². The Kier molecular flexibility index (Phi) is 4.01. The second kappa shape index (κ2) is 4.16. The minimum Gasteiger partial charge on any atom is -0.510 e. The van der Waals surface area contributed by atoms with E-state index in [9.17, 15) is 5.11 Å². The van der Waals surface area contributed by atoms with Crippen molar-refractivity contribution in [2.24, 2.45) is 17.6 Å². The molecule has 0 fully saturated rings. The summed E-state index contributed by atoms with van der Waals surface area (Å²) in [5.74, 6) is 0.811. The molecule has 0 heterocycles. The van der Waals surface area contributed by atoms with Gasteiger partial charge in [-0.1, -0.05) is 32.9 Å². The van der Waals surface area contributed by atoms with Gasteiger partial charge in [0.15, 0.2) is 0 Å². The van der Waals surface area contributed by atoms with E-state index >= 15 is 0 Å². The highest BCUT2D eigenvalue weighted by atomic mass is 35.5. The summed E-state index contributed by atoms with van der Waals surface area (Å²) < 4.78 is 0. The lowest BCUT2D eigenvalue weighted by Crippen LogP contribution is -2.46. The summed E-state index contributed by atoms with van der Waals surface area (Å²) in [4.78, 5) is 0. The molecule has 1 aliphatic carbocycles. The molecule has 1 rings (SSSR count). The van der Waals surface area contributed by atoms with Gasteiger partial charge in [-0.2, -0.15) is 0 Å². The molecular formula is C10H18ClNO. The molecule has 0 saturated carbocycles. The van der Waals surface area contributed by atoms with E-state index in [0.717, 1.165) is 0 Å². The van der Waals surface area contributed by atoms with Crippen molar-refractivity contribution >= 4 is 12.4 Å². The Labute approximate surface area is 85.9 Å². The van der Waals surface area contributed by atoms with Crippen LogP contribution in [0.4, 0.5) is 0 Å². The largest absolute Gasteiger partial charge is 0.510 e. The molecule has 76 valence electrons. The Morgan fingerprint density at radius 2 is 2.08 bits per heavy atom. The fourth-order valence-electron chi connectivity index (χ4n) is 1.33. The maximum Gasteiger partial charge on any atom is 0.113 e. The average molecular weight is 204 g/mol. The molecule has 0 radical (unpaired) electrons. The predicted octanol–water partition coefficient (Wildman–Crippen LogP) is 2.41. The molecule has 1 aliphatic rings. The first-order chi connectivity index (χ1) is 5.47. The Morgan fingerprint density at radius 1 is 1.54 bits per heavy atom. The third-order valence-electron chi connectivity index (χ3n) is 2.50. The number of hydrogen-bond donors (Lipinski definition) is 2. The van der Waals surface area contributed by atoms with Crippen LogP contribution in [0.25, 0.3) is 0 Å². The minimum atomic E-state index is -0.646. The zero-order valence-corrected chi connectivity index (χ0v) is 9.14. The lowest BCUT2D eigenvalue weighted by atomic mass is 9.80. The van der Waals surface area contributed by atoms with Crippen LogP contribution in [0.15, 0.2) is 24.0 Å². The fourth-order valence-corrected chi connectivity index (χ4v) is 1.33. The number of hydrogen-bond acceptors (Lipinski definition) is 2. The summed E-state index contributed by atoms with van der Waals surface area (Å²) in [7, 11) is 0. The van der Waals surface area contributed by atoms with Gasteiger partial charge in [-0.3, -0.25) is 0 Å². The van der Waals surface area contributed by atoms with Gasteiger partial charge in [0.1, 0.15) is 5.76 Å². The molecule has 0 aromatic rings. The van der Waals surface area contributed by atoms with Crippen molar-refractivity contribution < 1.29 is 5.11 Å². The van der Waals surface area contributed by atoms with E-state index in [1.807, 2.05) is 32.9 Å². The van der Waals surface area contributed by atoms with Gasteiger partial charge in [-0.05, 0) is 17.9 Å². The van der Waals surface area contributed by atoms with Crippen molar-refractivity contribution in [3.8, 4) is 0 Å². The first kappa shape index (κ1) is 12.5. The van der Waals surface area contributed by atoms with Crippen LogP contribution in [0.3, 0.4) is 0 Å². The first-order valence-electron chi connectivity index (χ1n) is 4.36. The van der Waals surface area contributed by atoms with Crippen LogP contribution >= 0.6 is 12.4 Å². The third kappa shape index (κ3) is 2.26. The van der Waals surface area contributed by atoms with E-state index < -0.39 is 5.54 Å². The summed E-state index contributed by atoms with van der Waals surface area (Å²) in [6.07, 6.45) is 5.73. The van der Waals surface area contributed by atoms with Gasteiger partial charge in [0.25, 0.3) is 0 Å². The topological polar surface area (TPSA) is 46.2 Å². The quantitative estimate of drug-likeness (QED) is 0.643. The Morgan fingerprint density at radius 3 is 2.46 bits per heavy atom. The molecular weight excluding hydrogens is 186 g/mol. The van der Waals surface area contributed by atoms with Gasteiger partial charge in [0.2, 0.25) is 0 Å². The number of allylic oxidation sites excluding steroid dienone is 2. The number of nitrogens with two attached hydrogens (primary N) is 1. The maximum absolute atomic E-state index is 9.65. The van der Waals surface area contributed by atoms with Crippen LogP contribution in [0.2, 0.25) is 0 Å². The van der Waals surface area contributed by atoms with E-state index in [-0.39, 0.29) is 18.3 Å². The third-order valence-corrected chi connectivity index (χ3v) is 2.50. The van der Waals surface area contributed by atoms with Crippen LogP contribution < -0.4 is 5.73 Å². The summed E-state index contributed by atoms with van der Waals surface area (Å²) in [6, 6.07) is 0. The van der Waals surface area contributed by atoms with Crippen LogP contribution in [-0.2, 0) is 0 Å². The van der Waals surface area contributed by atoms with Crippen LogP contribution in [-0.4, -0.2) is 10.6 Å². The van der Waals surface area contributed by atoms with E-state index in [2.05, 4.69) is 0 Å². The van der Waals surface area contributed by atoms with E-state index in [0.29, 0.717) is 11.7 Å². The van der Waals surface area contributed by atoms with Crippen molar-refractivity contribution in [1.82, 2.24) is 0 Å². The molecule has 3 N–H and O–H groups in total. The van der Waals surface area contributed by atoms with Gasteiger partial charge in [-0.25, -0.2) is 0 Å². The maximum atomic E-state index is 9.65. The first-order valence-corrected chi connectivity index (χ1v) is 4.36. The Bertz CT molecular complexity index is 235. The molecule has 0 aromatic heterocycles. The fraction of sp³-hybridized carbons (Fsp3) is 0.600. The molecule has 13 heavy (non-hydrogen) atoms. The van der Waals surface area contributed by atoms with Crippen molar-refractivity contribution in [2.75, 3.05) is 0 Å². The van der Waals surface area contributed by atoms with Crippen molar-refractivity contribution in [2.45, 2.75) is 26.3 Å². The molecule has 0 spiro atoms. The highest BCUT2D eigenvalue weighted by Crippen LogP contribution is 2.28. The highest BCUT2D eigenvalue weighted by molar-refractivity contribution is 5.85. The molecule has 2 atom stereocenters. The van der Waals surface area contributed by atoms with Gasteiger partial charge >= 0.3 is 0 Å².